The number of anilines is 3. The predicted octanol–water partition coefficient (Wildman–Crippen LogP) is 2.26. The Morgan fingerprint density at radius 2 is 2.04 bits per heavy atom. The molecule has 0 saturated carbocycles. The number of nitrogens with zero attached hydrogens (tertiary/aromatic N) is 3. The van der Waals surface area contributed by atoms with Crippen LogP contribution >= 0.6 is 23.4 Å². The molecule has 9 heteroatoms. The zero-order valence-electron chi connectivity index (χ0n) is 14.6. The van der Waals surface area contributed by atoms with Crippen LogP contribution in [0.25, 0.3) is 0 Å². The van der Waals surface area contributed by atoms with Gasteiger partial charge in [0.2, 0.25) is 0 Å². The number of aromatic nitrogens is 2. The van der Waals surface area contributed by atoms with Crippen molar-refractivity contribution in [3.63, 3.8) is 0 Å². The fourth-order valence-corrected chi connectivity index (χ4v) is 4.10. The van der Waals surface area contributed by atoms with E-state index in [0.717, 1.165) is 36.5 Å². The number of rotatable bonds is 4. The standard InChI is InChI=1S/C17H23ClN6OS/c1-17(21)3-6-24(7-4-17)15-10(19)8-13(23-11(15)9-25)26-12-2-5-22-16(18)14(12)20/h2,5,8,25H,3-4,6-7,9,20-21H2,1H3,(H2,19,23). The third-order valence-electron chi connectivity index (χ3n) is 4.56. The summed E-state index contributed by atoms with van der Waals surface area (Å²) in [6, 6.07) is 3.56. The SMILES string of the molecule is CC1(N)CCN(c2c(N)cc(Sc3ccnc(Cl)c3N)nc2CO)CC1. The van der Waals surface area contributed by atoms with Crippen LogP contribution in [0.2, 0.25) is 5.15 Å². The Morgan fingerprint density at radius 1 is 1.35 bits per heavy atom. The molecule has 1 aliphatic rings. The summed E-state index contributed by atoms with van der Waals surface area (Å²) in [5.41, 5.74) is 20.6. The van der Waals surface area contributed by atoms with Gasteiger partial charge in [0.05, 0.1) is 29.4 Å². The largest absolute Gasteiger partial charge is 0.397 e. The van der Waals surface area contributed by atoms with Gasteiger partial charge in [0.1, 0.15) is 5.03 Å². The average Bonchev–Trinajstić information content (AvgIpc) is 2.59. The number of pyridine rings is 2. The number of aliphatic hydroxyl groups is 1. The van der Waals surface area contributed by atoms with E-state index in [9.17, 15) is 5.11 Å². The molecule has 7 N–H and O–H groups in total. The van der Waals surface area contributed by atoms with Crippen LogP contribution in [-0.4, -0.2) is 33.7 Å². The number of halogens is 1. The molecule has 0 unspecified atom stereocenters. The van der Waals surface area contributed by atoms with Crippen molar-refractivity contribution < 1.29 is 5.11 Å². The summed E-state index contributed by atoms with van der Waals surface area (Å²) in [5, 5.41) is 10.7. The van der Waals surface area contributed by atoms with E-state index in [0.29, 0.717) is 22.1 Å². The number of aliphatic hydroxyl groups excluding tert-OH is 1. The summed E-state index contributed by atoms with van der Waals surface area (Å²) < 4.78 is 0. The van der Waals surface area contributed by atoms with Crippen LogP contribution in [0.1, 0.15) is 25.5 Å². The summed E-state index contributed by atoms with van der Waals surface area (Å²) in [4.78, 5) is 11.4. The first-order valence-electron chi connectivity index (χ1n) is 8.32. The molecular weight excluding hydrogens is 372 g/mol. The first kappa shape index (κ1) is 19.0. The quantitative estimate of drug-likeness (QED) is 0.581. The molecule has 0 aliphatic carbocycles. The second-order valence-electron chi connectivity index (χ2n) is 6.76. The van der Waals surface area contributed by atoms with Crippen LogP contribution in [-0.2, 0) is 6.61 Å². The maximum Gasteiger partial charge on any atom is 0.153 e. The van der Waals surface area contributed by atoms with E-state index in [1.54, 1.807) is 18.3 Å². The third kappa shape index (κ3) is 3.98. The van der Waals surface area contributed by atoms with E-state index in [2.05, 4.69) is 21.8 Å². The molecule has 0 aromatic carbocycles. The molecule has 2 aromatic heterocycles. The molecular formula is C17H23ClN6OS. The Hall–Kier alpha value is -1.74. The van der Waals surface area contributed by atoms with Crippen LogP contribution in [0.4, 0.5) is 17.1 Å². The smallest absolute Gasteiger partial charge is 0.153 e. The summed E-state index contributed by atoms with van der Waals surface area (Å²) in [6.07, 6.45) is 3.31. The lowest BCUT2D eigenvalue weighted by Crippen LogP contribution is -2.48. The van der Waals surface area contributed by atoms with Gasteiger partial charge in [-0.2, -0.15) is 0 Å². The van der Waals surface area contributed by atoms with Gasteiger partial charge in [-0.3, -0.25) is 0 Å². The lowest BCUT2D eigenvalue weighted by atomic mass is 9.90. The molecule has 26 heavy (non-hydrogen) atoms. The van der Waals surface area contributed by atoms with Crippen LogP contribution in [0.5, 0.6) is 0 Å². The normalized spacial score (nSPS) is 16.7. The minimum absolute atomic E-state index is 0.161. The van der Waals surface area contributed by atoms with Gasteiger partial charge in [-0.15, -0.1) is 0 Å². The molecule has 3 rings (SSSR count). The first-order valence-corrected chi connectivity index (χ1v) is 9.52. The molecule has 1 saturated heterocycles. The molecule has 0 bridgehead atoms. The second-order valence-corrected chi connectivity index (χ2v) is 8.18. The third-order valence-corrected chi connectivity index (χ3v) is 5.85. The molecule has 0 radical (unpaired) electrons. The van der Waals surface area contributed by atoms with Gasteiger partial charge in [-0.1, -0.05) is 23.4 Å². The van der Waals surface area contributed by atoms with Gasteiger partial charge in [0, 0.05) is 29.7 Å². The van der Waals surface area contributed by atoms with E-state index in [4.69, 9.17) is 28.8 Å². The van der Waals surface area contributed by atoms with Gasteiger partial charge < -0.3 is 27.2 Å². The Labute approximate surface area is 161 Å². The van der Waals surface area contributed by atoms with Crippen LogP contribution in [0.3, 0.4) is 0 Å². The molecule has 0 atom stereocenters. The summed E-state index contributed by atoms with van der Waals surface area (Å²) >= 11 is 7.31. The van der Waals surface area contributed by atoms with Crippen LogP contribution < -0.4 is 22.1 Å². The second kappa shape index (κ2) is 7.48. The van der Waals surface area contributed by atoms with Crippen molar-refractivity contribution in [3.05, 3.63) is 29.2 Å². The molecule has 3 heterocycles. The van der Waals surface area contributed by atoms with Crippen molar-refractivity contribution in [2.75, 3.05) is 29.5 Å². The van der Waals surface area contributed by atoms with E-state index in [1.807, 2.05) is 0 Å². The first-order chi connectivity index (χ1) is 12.3. The highest BCUT2D eigenvalue weighted by atomic mass is 35.5. The molecule has 140 valence electrons. The van der Waals surface area contributed by atoms with Gasteiger partial charge in [-0.25, -0.2) is 9.97 Å². The minimum Gasteiger partial charge on any atom is -0.397 e. The number of nitrogens with two attached hydrogens (primary N) is 3. The molecule has 2 aromatic rings. The fourth-order valence-electron chi connectivity index (χ4n) is 2.99. The van der Waals surface area contributed by atoms with Crippen LogP contribution in [0, 0.1) is 0 Å². The Balaban J connectivity index is 1.89. The van der Waals surface area contributed by atoms with Gasteiger partial charge in [-0.05, 0) is 31.9 Å². The van der Waals surface area contributed by atoms with Crippen molar-refractivity contribution in [2.24, 2.45) is 5.73 Å². The Morgan fingerprint density at radius 3 is 2.69 bits per heavy atom. The summed E-state index contributed by atoms with van der Waals surface area (Å²) in [7, 11) is 0. The van der Waals surface area contributed by atoms with Crippen molar-refractivity contribution in [2.45, 2.75) is 41.8 Å². The molecule has 1 aliphatic heterocycles. The van der Waals surface area contributed by atoms with Crippen LogP contribution in [0.15, 0.2) is 28.3 Å². The summed E-state index contributed by atoms with van der Waals surface area (Å²) in [5.74, 6) is 0. The molecule has 7 nitrogen and oxygen atoms in total. The zero-order valence-corrected chi connectivity index (χ0v) is 16.1. The highest BCUT2D eigenvalue weighted by molar-refractivity contribution is 7.99. The minimum atomic E-state index is -0.198. The van der Waals surface area contributed by atoms with E-state index >= 15 is 0 Å². The van der Waals surface area contributed by atoms with Gasteiger partial charge in [0.15, 0.2) is 5.15 Å². The predicted molar refractivity (Wildman–Crippen MR) is 106 cm³/mol. The van der Waals surface area contributed by atoms with Gasteiger partial charge in [0.25, 0.3) is 0 Å². The molecule has 0 amide bonds. The lowest BCUT2D eigenvalue weighted by molar-refractivity contribution is 0.275. The Kier molecular flexibility index (Phi) is 5.47. The zero-order chi connectivity index (χ0) is 18.9. The summed E-state index contributed by atoms with van der Waals surface area (Å²) in [6.45, 7) is 3.43. The monoisotopic (exact) mass is 394 g/mol. The maximum absolute atomic E-state index is 9.83. The van der Waals surface area contributed by atoms with Crippen molar-refractivity contribution in [1.29, 1.82) is 0 Å². The van der Waals surface area contributed by atoms with Crippen molar-refractivity contribution in [1.82, 2.24) is 9.97 Å². The fraction of sp³-hybridized carbons (Fsp3) is 0.412. The lowest BCUT2D eigenvalue weighted by Gasteiger charge is -2.39. The topological polar surface area (TPSA) is 127 Å². The number of piperidine rings is 1. The van der Waals surface area contributed by atoms with Gasteiger partial charge >= 0.3 is 0 Å². The number of hydrogen-bond acceptors (Lipinski definition) is 8. The highest BCUT2D eigenvalue weighted by Crippen LogP contribution is 2.38. The van der Waals surface area contributed by atoms with E-state index in [1.165, 1.54) is 11.8 Å². The van der Waals surface area contributed by atoms with E-state index < -0.39 is 0 Å². The van der Waals surface area contributed by atoms with E-state index in [-0.39, 0.29) is 17.3 Å². The average molecular weight is 395 g/mol. The number of nitrogen functional groups attached to an aromatic ring is 2. The Bertz CT molecular complexity index is 806. The number of hydrogen-bond donors (Lipinski definition) is 4. The maximum atomic E-state index is 9.83. The van der Waals surface area contributed by atoms with Crippen molar-refractivity contribution in [3.8, 4) is 0 Å². The molecule has 1 fully saturated rings. The molecule has 0 spiro atoms. The van der Waals surface area contributed by atoms with Crippen molar-refractivity contribution >= 4 is 40.4 Å². The highest BCUT2D eigenvalue weighted by Gasteiger charge is 2.28.